The number of amides is 2. The van der Waals surface area contributed by atoms with Crippen LogP contribution in [0.4, 0.5) is 14.9 Å². The number of ether oxygens (including phenoxy) is 1. The largest absolute Gasteiger partial charge is 0.497 e. The Morgan fingerprint density at radius 3 is 2.59 bits per heavy atom. The van der Waals surface area contributed by atoms with E-state index in [-0.39, 0.29) is 18.4 Å². The molecule has 2 amide bonds. The minimum absolute atomic E-state index is 0.289. The predicted octanol–water partition coefficient (Wildman–Crippen LogP) is 6.56. The van der Waals surface area contributed by atoms with Crippen molar-refractivity contribution in [3.05, 3.63) is 125 Å². The molecule has 0 radical (unpaired) electrons. The number of aryl methyl sites for hydroxylation is 2. The number of hydrogen-bond acceptors (Lipinski definition) is 3. The van der Waals surface area contributed by atoms with Crippen LogP contribution >= 0.6 is 0 Å². The quantitative estimate of drug-likeness (QED) is 0.291. The predicted molar refractivity (Wildman–Crippen MR) is 148 cm³/mol. The maximum atomic E-state index is 14.3. The normalized spacial score (nSPS) is 14.4. The molecule has 0 saturated heterocycles. The number of halogens is 1. The third kappa shape index (κ3) is 4.33. The fourth-order valence-electron chi connectivity index (χ4n) is 5.18. The average molecular weight is 522 g/mol. The second-order valence-electron chi connectivity index (χ2n) is 9.64. The smallest absolute Gasteiger partial charge is 0.322 e. The molecule has 5 aromatic rings. The molecular weight excluding hydrogens is 493 g/mol. The molecule has 0 spiro atoms. The number of carbonyl (C=O) groups is 1. The lowest BCUT2D eigenvalue weighted by molar-refractivity contribution is 0.194. The minimum atomic E-state index is -0.457. The lowest BCUT2D eigenvalue weighted by Gasteiger charge is -2.31. The standard InChI is InChI=1S/C31H28FN5O2/c1-20-14-15-23(18-27(20)32)33-31(38)36-19-26-21(2)34-37(24-10-5-4-6-11-24)30(26)35-16-8-13-28(35)29(36)22-9-7-12-25(17-22)39-3/h4-18,29H,19H2,1-3H3,(H,33,38)/t29-/m0/s1. The van der Waals surface area contributed by atoms with Crippen LogP contribution in [0, 0.1) is 19.7 Å². The van der Waals surface area contributed by atoms with Gasteiger partial charge in [-0.1, -0.05) is 36.4 Å². The third-order valence-corrected chi connectivity index (χ3v) is 7.18. The van der Waals surface area contributed by atoms with Crippen LogP contribution in [0.1, 0.15) is 34.1 Å². The van der Waals surface area contributed by atoms with Gasteiger partial charge in [0.25, 0.3) is 0 Å². The Morgan fingerprint density at radius 2 is 1.82 bits per heavy atom. The average Bonchev–Trinajstić information content (AvgIpc) is 3.51. The summed E-state index contributed by atoms with van der Waals surface area (Å²) in [6, 6.07) is 25.6. The molecule has 1 N–H and O–H groups in total. The number of carbonyl (C=O) groups excluding carboxylic acids is 1. The summed E-state index contributed by atoms with van der Waals surface area (Å²) in [5, 5.41) is 7.80. The van der Waals surface area contributed by atoms with E-state index in [1.807, 2.05) is 84.5 Å². The van der Waals surface area contributed by atoms with Gasteiger partial charge in [0.2, 0.25) is 0 Å². The van der Waals surface area contributed by atoms with E-state index in [4.69, 9.17) is 9.84 Å². The van der Waals surface area contributed by atoms with Crippen LogP contribution in [-0.4, -0.2) is 32.4 Å². The first-order chi connectivity index (χ1) is 18.9. The van der Waals surface area contributed by atoms with Gasteiger partial charge in [0.15, 0.2) is 0 Å². The number of aromatic nitrogens is 3. The molecule has 196 valence electrons. The molecule has 0 bridgehead atoms. The van der Waals surface area contributed by atoms with Crippen molar-refractivity contribution in [2.75, 3.05) is 12.4 Å². The molecule has 0 saturated carbocycles. The highest BCUT2D eigenvalue weighted by Gasteiger charge is 2.36. The molecule has 0 unspecified atom stereocenters. The van der Waals surface area contributed by atoms with Crippen molar-refractivity contribution in [2.45, 2.75) is 26.4 Å². The summed E-state index contributed by atoms with van der Waals surface area (Å²) in [5.74, 6) is 1.20. The Kier molecular flexibility index (Phi) is 6.15. The molecular formula is C31H28FN5O2. The number of urea groups is 1. The fourth-order valence-corrected chi connectivity index (χ4v) is 5.18. The van der Waals surface area contributed by atoms with Gasteiger partial charge in [-0.15, -0.1) is 0 Å². The zero-order valence-corrected chi connectivity index (χ0v) is 21.9. The van der Waals surface area contributed by atoms with Gasteiger partial charge in [-0.25, -0.2) is 13.9 Å². The number of fused-ring (bicyclic) bond motifs is 3. The molecule has 39 heavy (non-hydrogen) atoms. The van der Waals surface area contributed by atoms with E-state index in [1.54, 1.807) is 31.1 Å². The number of hydrogen-bond donors (Lipinski definition) is 1. The van der Waals surface area contributed by atoms with Crippen molar-refractivity contribution < 1.29 is 13.9 Å². The van der Waals surface area contributed by atoms with Gasteiger partial charge < -0.3 is 19.5 Å². The van der Waals surface area contributed by atoms with Gasteiger partial charge in [-0.05, 0) is 73.5 Å². The van der Waals surface area contributed by atoms with E-state index in [0.29, 0.717) is 17.0 Å². The summed E-state index contributed by atoms with van der Waals surface area (Å²) in [7, 11) is 1.62. The van der Waals surface area contributed by atoms with Crippen LogP contribution < -0.4 is 10.1 Å². The highest BCUT2D eigenvalue weighted by atomic mass is 19.1. The van der Waals surface area contributed by atoms with E-state index in [0.717, 1.165) is 34.0 Å². The first-order valence-electron chi connectivity index (χ1n) is 12.7. The maximum Gasteiger partial charge on any atom is 0.322 e. The monoisotopic (exact) mass is 521 g/mol. The van der Waals surface area contributed by atoms with E-state index >= 15 is 0 Å². The van der Waals surface area contributed by atoms with Crippen LogP contribution in [0.15, 0.2) is 91.1 Å². The highest BCUT2D eigenvalue weighted by Crippen LogP contribution is 2.39. The zero-order chi connectivity index (χ0) is 27.1. The molecule has 8 heteroatoms. The van der Waals surface area contributed by atoms with Gasteiger partial charge in [0, 0.05) is 17.4 Å². The van der Waals surface area contributed by atoms with E-state index < -0.39 is 6.04 Å². The number of rotatable bonds is 4. The number of benzene rings is 3. The highest BCUT2D eigenvalue weighted by molar-refractivity contribution is 5.90. The number of nitrogens with one attached hydrogen (secondary N) is 1. The first kappa shape index (κ1) is 24.5. The van der Waals surface area contributed by atoms with Crippen LogP contribution in [0.3, 0.4) is 0 Å². The van der Waals surface area contributed by atoms with Crippen molar-refractivity contribution in [3.8, 4) is 17.3 Å². The SMILES string of the molecule is COc1cccc([C@H]2c3cccn3-c3c(c(C)nn3-c3ccccc3)CN2C(=O)Nc2ccc(C)c(F)c2)c1. The Bertz CT molecular complexity index is 1670. The lowest BCUT2D eigenvalue weighted by Crippen LogP contribution is -2.38. The van der Waals surface area contributed by atoms with Gasteiger partial charge in [0.05, 0.1) is 36.8 Å². The second-order valence-corrected chi connectivity index (χ2v) is 9.64. The molecule has 2 aromatic heterocycles. The summed E-state index contributed by atoms with van der Waals surface area (Å²) in [4.78, 5) is 15.8. The number of anilines is 1. The molecule has 7 nitrogen and oxygen atoms in total. The van der Waals surface area contributed by atoms with Crippen molar-refractivity contribution in [1.29, 1.82) is 0 Å². The summed E-state index contributed by atoms with van der Waals surface area (Å²) in [6.45, 7) is 3.94. The second kappa shape index (κ2) is 9.79. The van der Waals surface area contributed by atoms with Crippen LogP contribution in [-0.2, 0) is 6.54 Å². The minimum Gasteiger partial charge on any atom is -0.497 e. The molecule has 3 heterocycles. The van der Waals surface area contributed by atoms with E-state index in [2.05, 4.69) is 9.88 Å². The van der Waals surface area contributed by atoms with Gasteiger partial charge in [-0.2, -0.15) is 5.10 Å². The number of para-hydroxylation sites is 1. The van der Waals surface area contributed by atoms with Crippen molar-refractivity contribution in [1.82, 2.24) is 19.2 Å². The van der Waals surface area contributed by atoms with Crippen LogP contribution in [0.2, 0.25) is 0 Å². The summed E-state index contributed by atoms with van der Waals surface area (Å²) < 4.78 is 23.9. The zero-order valence-electron chi connectivity index (χ0n) is 21.9. The third-order valence-electron chi connectivity index (χ3n) is 7.18. The van der Waals surface area contributed by atoms with Gasteiger partial charge >= 0.3 is 6.03 Å². The molecule has 1 aliphatic rings. The molecule has 6 rings (SSSR count). The van der Waals surface area contributed by atoms with Gasteiger partial charge in [0.1, 0.15) is 17.4 Å². The summed E-state index contributed by atoms with van der Waals surface area (Å²) >= 11 is 0. The van der Waals surface area contributed by atoms with Gasteiger partial charge in [-0.3, -0.25) is 0 Å². The summed E-state index contributed by atoms with van der Waals surface area (Å²) in [6.07, 6.45) is 2.00. The van der Waals surface area contributed by atoms with Crippen molar-refractivity contribution in [3.63, 3.8) is 0 Å². The van der Waals surface area contributed by atoms with Crippen LogP contribution in [0.25, 0.3) is 11.5 Å². The maximum absolute atomic E-state index is 14.3. The lowest BCUT2D eigenvalue weighted by atomic mass is 10.0. The Balaban J connectivity index is 1.53. The first-order valence-corrected chi connectivity index (χ1v) is 12.7. The molecule has 3 aromatic carbocycles. The molecule has 0 fully saturated rings. The summed E-state index contributed by atoms with van der Waals surface area (Å²) in [5.41, 5.74) is 5.36. The number of methoxy groups -OCH3 is 1. The molecule has 0 aliphatic carbocycles. The van der Waals surface area contributed by atoms with Crippen LogP contribution in [0.5, 0.6) is 5.75 Å². The van der Waals surface area contributed by atoms with Crippen molar-refractivity contribution in [2.24, 2.45) is 0 Å². The Hall–Kier alpha value is -4.85. The Morgan fingerprint density at radius 1 is 1.00 bits per heavy atom. The van der Waals surface area contributed by atoms with Crippen molar-refractivity contribution >= 4 is 11.7 Å². The molecule has 1 aliphatic heterocycles. The topological polar surface area (TPSA) is 64.3 Å². The number of nitrogens with zero attached hydrogens (tertiary/aromatic N) is 4. The molecule has 1 atom stereocenters. The van der Waals surface area contributed by atoms with E-state index in [1.165, 1.54) is 6.07 Å². The Labute approximate surface area is 226 Å². The van der Waals surface area contributed by atoms with E-state index in [9.17, 15) is 9.18 Å². The fraction of sp³-hybridized carbons (Fsp3) is 0.161.